The number of carbonyl (C=O) groups is 1. The minimum Gasteiger partial charge on any atom is -0.460 e. The Hall–Kier alpha value is -3.28. The van der Waals surface area contributed by atoms with Crippen LogP contribution < -0.4 is 4.74 Å². The van der Waals surface area contributed by atoms with Crippen molar-refractivity contribution in [3.8, 4) is 17.1 Å². The number of hydrogen-bond acceptors (Lipinski definition) is 4. The van der Waals surface area contributed by atoms with Crippen LogP contribution in [-0.2, 0) is 0 Å². The minimum absolute atomic E-state index is 0.00470. The van der Waals surface area contributed by atoms with Crippen molar-refractivity contribution in [2.75, 3.05) is 13.1 Å². The normalized spacial score (nSPS) is 14.7. The molecule has 0 spiro atoms. The van der Waals surface area contributed by atoms with Crippen molar-refractivity contribution in [1.82, 2.24) is 14.9 Å². The molecule has 2 aromatic carbocycles. The molecule has 1 fully saturated rings. The summed E-state index contributed by atoms with van der Waals surface area (Å²) in [6.07, 6.45) is 4.76. The molecule has 0 radical (unpaired) electrons. The molecular weight excluding hydrogens is 357 g/mol. The highest BCUT2D eigenvalue weighted by molar-refractivity contribution is 5.95. The first-order chi connectivity index (χ1) is 13.7. The van der Waals surface area contributed by atoms with E-state index in [4.69, 9.17) is 4.74 Å². The Balaban J connectivity index is 1.41. The lowest BCUT2D eigenvalue weighted by Gasteiger charge is -2.31. The molecule has 0 atom stereocenters. The summed E-state index contributed by atoms with van der Waals surface area (Å²) in [6, 6.07) is 15.8. The van der Waals surface area contributed by atoms with Gasteiger partial charge in [0.1, 0.15) is 11.9 Å². The van der Waals surface area contributed by atoms with Crippen LogP contribution in [0.15, 0.2) is 67.0 Å². The van der Waals surface area contributed by atoms with Gasteiger partial charge in [-0.1, -0.05) is 24.3 Å². The second-order valence-corrected chi connectivity index (χ2v) is 6.73. The number of piperidine rings is 1. The molecule has 1 saturated heterocycles. The molecule has 5 nitrogen and oxygen atoms in total. The number of rotatable bonds is 4. The molecule has 1 aliphatic heterocycles. The van der Waals surface area contributed by atoms with Gasteiger partial charge in [-0.05, 0) is 41.5 Å². The second-order valence-electron chi connectivity index (χ2n) is 6.73. The molecule has 4 rings (SSSR count). The van der Waals surface area contributed by atoms with Gasteiger partial charge in [-0.15, -0.1) is 0 Å². The number of aromatic nitrogens is 2. The standard InChI is InChI=1S/C22H20FN3O2/c23-19-7-2-5-17(15-19)16-4-1-6-18(14-16)21(27)26-12-8-20(9-13-26)28-22-24-10-3-11-25-22/h1-7,10-11,14-15,20H,8-9,12-13H2. The van der Waals surface area contributed by atoms with Crippen LogP contribution >= 0.6 is 0 Å². The van der Waals surface area contributed by atoms with Crippen LogP contribution in [0.3, 0.4) is 0 Å². The monoisotopic (exact) mass is 377 g/mol. The van der Waals surface area contributed by atoms with Gasteiger partial charge in [0.25, 0.3) is 5.91 Å². The van der Waals surface area contributed by atoms with Gasteiger partial charge in [0, 0.05) is 43.9 Å². The molecule has 0 saturated carbocycles. The topological polar surface area (TPSA) is 55.3 Å². The summed E-state index contributed by atoms with van der Waals surface area (Å²) in [5.41, 5.74) is 2.18. The molecule has 0 bridgehead atoms. The van der Waals surface area contributed by atoms with Gasteiger partial charge in [-0.2, -0.15) is 0 Å². The summed E-state index contributed by atoms with van der Waals surface area (Å²) in [5, 5.41) is 0. The van der Waals surface area contributed by atoms with Crippen molar-refractivity contribution >= 4 is 5.91 Å². The van der Waals surface area contributed by atoms with Gasteiger partial charge >= 0.3 is 6.01 Å². The average Bonchev–Trinajstić information content (AvgIpc) is 2.75. The van der Waals surface area contributed by atoms with E-state index in [1.54, 1.807) is 30.6 Å². The second kappa shape index (κ2) is 8.17. The van der Waals surface area contributed by atoms with Crippen molar-refractivity contribution in [3.63, 3.8) is 0 Å². The molecule has 1 aliphatic rings. The Kier molecular flexibility index (Phi) is 5.28. The van der Waals surface area contributed by atoms with Crippen LogP contribution in [0.25, 0.3) is 11.1 Å². The van der Waals surface area contributed by atoms with Crippen LogP contribution in [0.5, 0.6) is 6.01 Å². The Labute approximate surface area is 162 Å². The Morgan fingerprint density at radius 2 is 1.64 bits per heavy atom. The lowest BCUT2D eigenvalue weighted by atomic mass is 10.0. The fraction of sp³-hybridized carbons (Fsp3) is 0.227. The highest BCUT2D eigenvalue weighted by Gasteiger charge is 2.25. The number of hydrogen-bond donors (Lipinski definition) is 0. The molecule has 1 amide bonds. The van der Waals surface area contributed by atoms with Crippen LogP contribution in [0, 0.1) is 5.82 Å². The first-order valence-corrected chi connectivity index (χ1v) is 9.28. The fourth-order valence-corrected chi connectivity index (χ4v) is 3.35. The Morgan fingerprint density at radius 3 is 2.36 bits per heavy atom. The van der Waals surface area contributed by atoms with Crippen molar-refractivity contribution in [3.05, 3.63) is 78.4 Å². The zero-order valence-corrected chi connectivity index (χ0v) is 15.3. The van der Waals surface area contributed by atoms with Gasteiger partial charge in [0.05, 0.1) is 0 Å². The maximum absolute atomic E-state index is 13.5. The number of ether oxygens (including phenoxy) is 1. The van der Waals surface area contributed by atoms with E-state index in [0.29, 0.717) is 24.7 Å². The van der Waals surface area contributed by atoms with Gasteiger partial charge in [-0.25, -0.2) is 14.4 Å². The summed E-state index contributed by atoms with van der Waals surface area (Å²) >= 11 is 0. The predicted octanol–water partition coefficient (Wildman–Crippen LogP) is 3.97. The quantitative estimate of drug-likeness (QED) is 0.690. The van der Waals surface area contributed by atoms with Crippen molar-refractivity contribution in [2.24, 2.45) is 0 Å². The van der Waals surface area contributed by atoms with E-state index in [1.807, 2.05) is 29.2 Å². The number of likely N-dealkylation sites (tertiary alicyclic amines) is 1. The summed E-state index contributed by atoms with van der Waals surface area (Å²) in [6.45, 7) is 1.22. The van der Waals surface area contributed by atoms with Crippen LogP contribution in [0.1, 0.15) is 23.2 Å². The van der Waals surface area contributed by atoms with Gasteiger partial charge in [-0.3, -0.25) is 4.79 Å². The van der Waals surface area contributed by atoms with E-state index >= 15 is 0 Å². The van der Waals surface area contributed by atoms with E-state index in [0.717, 1.165) is 24.0 Å². The fourth-order valence-electron chi connectivity index (χ4n) is 3.35. The lowest BCUT2D eigenvalue weighted by molar-refractivity contribution is 0.0578. The summed E-state index contributed by atoms with van der Waals surface area (Å²) < 4.78 is 19.3. The molecule has 142 valence electrons. The Morgan fingerprint density at radius 1 is 0.964 bits per heavy atom. The molecule has 3 aromatic rings. The van der Waals surface area contributed by atoms with E-state index in [1.165, 1.54) is 12.1 Å². The number of nitrogens with zero attached hydrogens (tertiary/aromatic N) is 3. The van der Waals surface area contributed by atoms with Gasteiger partial charge in [0.2, 0.25) is 0 Å². The van der Waals surface area contributed by atoms with Gasteiger partial charge < -0.3 is 9.64 Å². The minimum atomic E-state index is -0.293. The van der Waals surface area contributed by atoms with E-state index in [9.17, 15) is 9.18 Å². The predicted molar refractivity (Wildman–Crippen MR) is 103 cm³/mol. The van der Waals surface area contributed by atoms with Crippen LogP contribution in [-0.4, -0.2) is 40.0 Å². The van der Waals surface area contributed by atoms with Crippen LogP contribution in [0.2, 0.25) is 0 Å². The summed E-state index contributed by atoms with van der Waals surface area (Å²) in [5.74, 6) is -0.314. The van der Waals surface area contributed by atoms with E-state index < -0.39 is 0 Å². The first-order valence-electron chi connectivity index (χ1n) is 9.28. The number of carbonyl (C=O) groups excluding carboxylic acids is 1. The van der Waals surface area contributed by atoms with Crippen molar-refractivity contribution < 1.29 is 13.9 Å². The molecule has 6 heteroatoms. The van der Waals surface area contributed by atoms with Crippen molar-refractivity contribution in [1.29, 1.82) is 0 Å². The summed E-state index contributed by atoms with van der Waals surface area (Å²) in [7, 11) is 0. The zero-order chi connectivity index (χ0) is 19.3. The maximum Gasteiger partial charge on any atom is 0.316 e. The Bertz CT molecular complexity index is 957. The van der Waals surface area contributed by atoms with E-state index in [-0.39, 0.29) is 17.8 Å². The largest absolute Gasteiger partial charge is 0.460 e. The first kappa shape index (κ1) is 18.1. The SMILES string of the molecule is O=C(c1cccc(-c2cccc(F)c2)c1)N1CCC(Oc2ncccn2)CC1. The third-order valence-electron chi connectivity index (χ3n) is 4.81. The smallest absolute Gasteiger partial charge is 0.316 e. The van der Waals surface area contributed by atoms with Gasteiger partial charge in [0.15, 0.2) is 0 Å². The third kappa shape index (κ3) is 4.17. The number of halogens is 1. The molecule has 1 aromatic heterocycles. The lowest BCUT2D eigenvalue weighted by Crippen LogP contribution is -2.41. The highest BCUT2D eigenvalue weighted by Crippen LogP contribution is 2.23. The summed E-state index contributed by atoms with van der Waals surface area (Å²) in [4.78, 5) is 22.9. The maximum atomic E-state index is 13.5. The number of amides is 1. The third-order valence-corrected chi connectivity index (χ3v) is 4.81. The molecule has 28 heavy (non-hydrogen) atoms. The molecule has 0 aliphatic carbocycles. The molecule has 2 heterocycles. The molecule has 0 unspecified atom stereocenters. The van der Waals surface area contributed by atoms with Crippen LogP contribution in [0.4, 0.5) is 4.39 Å². The van der Waals surface area contributed by atoms with Crippen molar-refractivity contribution in [2.45, 2.75) is 18.9 Å². The molecule has 0 N–H and O–H groups in total. The molecular formula is C22H20FN3O2. The zero-order valence-electron chi connectivity index (χ0n) is 15.3. The highest BCUT2D eigenvalue weighted by atomic mass is 19.1. The van der Waals surface area contributed by atoms with E-state index in [2.05, 4.69) is 9.97 Å². The average molecular weight is 377 g/mol. The number of benzene rings is 2.